The van der Waals surface area contributed by atoms with Gasteiger partial charge in [-0.1, -0.05) is 12.1 Å². The molecule has 1 unspecified atom stereocenters. The summed E-state index contributed by atoms with van der Waals surface area (Å²) >= 11 is 0. The molecule has 6 nitrogen and oxygen atoms in total. The molecular weight excluding hydrogens is 282 g/mol. The first-order chi connectivity index (χ1) is 9.26. The van der Waals surface area contributed by atoms with Gasteiger partial charge in [0, 0.05) is 13.6 Å². The van der Waals surface area contributed by atoms with Crippen molar-refractivity contribution in [2.45, 2.75) is 18.8 Å². The molecule has 0 spiro atoms. The number of esters is 1. The van der Waals surface area contributed by atoms with Crippen LogP contribution in [-0.4, -0.2) is 50.6 Å². The van der Waals surface area contributed by atoms with Gasteiger partial charge >= 0.3 is 5.97 Å². The maximum Gasteiger partial charge on any atom is 0.337 e. The lowest BCUT2D eigenvalue weighted by Crippen LogP contribution is -2.33. The molecule has 0 heterocycles. The number of aliphatic hydroxyl groups excluding tert-OH is 1. The normalized spacial score (nSPS) is 13.2. The molecule has 1 aromatic carbocycles. The maximum atomic E-state index is 12.0. The lowest BCUT2D eigenvalue weighted by atomic mass is 10.1. The van der Waals surface area contributed by atoms with Crippen molar-refractivity contribution in [1.29, 1.82) is 0 Å². The number of aliphatic hydroxyl groups is 1. The lowest BCUT2D eigenvalue weighted by molar-refractivity contribution is 0.0600. The Kier molecular flexibility index (Phi) is 5.67. The Morgan fingerprint density at radius 3 is 2.35 bits per heavy atom. The van der Waals surface area contributed by atoms with Gasteiger partial charge < -0.3 is 9.84 Å². The lowest BCUT2D eigenvalue weighted by Gasteiger charge is -2.18. The summed E-state index contributed by atoms with van der Waals surface area (Å²) in [5.41, 5.74) is 0.932. The predicted octanol–water partition coefficient (Wildman–Crippen LogP) is 0.616. The second kappa shape index (κ2) is 6.83. The fraction of sp³-hybridized carbons (Fsp3) is 0.462. The van der Waals surface area contributed by atoms with E-state index < -0.39 is 22.1 Å². The largest absolute Gasteiger partial charge is 0.465 e. The van der Waals surface area contributed by atoms with Crippen molar-refractivity contribution in [2.75, 3.05) is 20.7 Å². The van der Waals surface area contributed by atoms with Gasteiger partial charge in [0.25, 0.3) is 0 Å². The number of hydrogen-bond acceptors (Lipinski definition) is 5. The maximum absolute atomic E-state index is 12.0. The molecule has 0 aliphatic heterocycles. The first-order valence-electron chi connectivity index (χ1n) is 6.05. The van der Waals surface area contributed by atoms with Crippen LogP contribution in [0.5, 0.6) is 0 Å². The highest BCUT2D eigenvalue weighted by Gasteiger charge is 2.20. The summed E-state index contributed by atoms with van der Waals surface area (Å²) in [6.45, 7) is 1.57. The van der Waals surface area contributed by atoms with Crippen LogP contribution in [0.4, 0.5) is 0 Å². The SMILES string of the molecule is COC(=O)c1ccc(CS(=O)(=O)N(C)CC(C)O)cc1. The Hall–Kier alpha value is -1.44. The van der Waals surface area contributed by atoms with E-state index in [4.69, 9.17) is 0 Å². The van der Waals surface area contributed by atoms with Crippen molar-refractivity contribution in [3.05, 3.63) is 35.4 Å². The van der Waals surface area contributed by atoms with Gasteiger partial charge in [0.05, 0.1) is 24.5 Å². The molecule has 0 amide bonds. The highest BCUT2D eigenvalue weighted by atomic mass is 32.2. The number of rotatable bonds is 6. The molecule has 20 heavy (non-hydrogen) atoms. The van der Waals surface area contributed by atoms with Crippen molar-refractivity contribution >= 4 is 16.0 Å². The topological polar surface area (TPSA) is 83.9 Å². The minimum atomic E-state index is -3.49. The minimum absolute atomic E-state index is 0.0442. The Morgan fingerprint density at radius 1 is 1.35 bits per heavy atom. The first kappa shape index (κ1) is 16.6. The van der Waals surface area contributed by atoms with Gasteiger partial charge in [0.2, 0.25) is 10.0 Å². The molecule has 0 radical (unpaired) electrons. The number of carbonyl (C=O) groups excluding carboxylic acids is 1. The van der Waals surface area contributed by atoms with E-state index in [2.05, 4.69) is 4.74 Å². The van der Waals surface area contributed by atoms with Crippen LogP contribution in [-0.2, 0) is 20.5 Å². The molecule has 0 aliphatic rings. The molecule has 0 saturated carbocycles. The van der Waals surface area contributed by atoms with Crippen LogP contribution in [0.2, 0.25) is 0 Å². The summed E-state index contributed by atoms with van der Waals surface area (Å²) in [6.07, 6.45) is -0.725. The summed E-state index contributed by atoms with van der Waals surface area (Å²) in [4.78, 5) is 11.3. The Labute approximate surface area is 119 Å². The Morgan fingerprint density at radius 2 is 1.90 bits per heavy atom. The van der Waals surface area contributed by atoms with Crippen LogP contribution in [0.25, 0.3) is 0 Å². The molecular formula is C13H19NO5S. The van der Waals surface area contributed by atoms with Crippen molar-refractivity contribution in [2.24, 2.45) is 0 Å². The average Bonchev–Trinajstić information content (AvgIpc) is 2.37. The van der Waals surface area contributed by atoms with E-state index in [1.807, 2.05) is 0 Å². The number of carbonyl (C=O) groups is 1. The highest BCUT2D eigenvalue weighted by molar-refractivity contribution is 7.88. The second-order valence-corrected chi connectivity index (χ2v) is 6.65. The van der Waals surface area contributed by atoms with Gasteiger partial charge in [-0.2, -0.15) is 0 Å². The minimum Gasteiger partial charge on any atom is -0.465 e. The van der Waals surface area contributed by atoms with E-state index in [0.29, 0.717) is 11.1 Å². The van der Waals surface area contributed by atoms with E-state index in [-0.39, 0.29) is 12.3 Å². The number of nitrogens with zero attached hydrogens (tertiary/aromatic N) is 1. The fourth-order valence-corrected chi connectivity index (χ4v) is 2.94. The Balaban J connectivity index is 2.80. The van der Waals surface area contributed by atoms with Crippen LogP contribution in [0, 0.1) is 0 Å². The predicted molar refractivity (Wildman–Crippen MR) is 74.7 cm³/mol. The highest BCUT2D eigenvalue weighted by Crippen LogP contribution is 2.12. The molecule has 112 valence electrons. The Bertz CT molecular complexity index is 551. The number of sulfonamides is 1. The molecule has 0 fully saturated rings. The molecule has 1 aromatic rings. The van der Waals surface area contributed by atoms with Gasteiger partial charge in [-0.05, 0) is 24.6 Å². The van der Waals surface area contributed by atoms with Crippen LogP contribution < -0.4 is 0 Å². The van der Waals surface area contributed by atoms with Gasteiger partial charge in [0.1, 0.15) is 0 Å². The summed E-state index contributed by atoms with van der Waals surface area (Å²) in [7, 11) is -0.785. The van der Waals surface area contributed by atoms with Crippen molar-refractivity contribution in [1.82, 2.24) is 4.31 Å². The molecule has 0 bridgehead atoms. The van der Waals surface area contributed by atoms with Crippen LogP contribution >= 0.6 is 0 Å². The number of benzene rings is 1. The average molecular weight is 301 g/mol. The summed E-state index contributed by atoms with van der Waals surface area (Å²) in [5.74, 6) is -0.650. The molecule has 1 atom stereocenters. The molecule has 0 aliphatic carbocycles. The van der Waals surface area contributed by atoms with Crippen LogP contribution in [0.15, 0.2) is 24.3 Å². The van der Waals surface area contributed by atoms with Crippen LogP contribution in [0.1, 0.15) is 22.8 Å². The molecule has 7 heteroatoms. The number of methoxy groups -OCH3 is 1. The third-order valence-corrected chi connectivity index (χ3v) is 4.52. The van der Waals surface area contributed by atoms with Crippen molar-refractivity contribution < 1.29 is 23.1 Å². The smallest absolute Gasteiger partial charge is 0.337 e. The molecule has 0 aromatic heterocycles. The summed E-state index contributed by atoms with van der Waals surface area (Å²) in [5, 5.41) is 9.22. The zero-order chi connectivity index (χ0) is 15.3. The molecule has 1 N–H and O–H groups in total. The third kappa shape index (κ3) is 4.59. The molecule has 1 rings (SSSR count). The standard InChI is InChI=1S/C13H19NO5S/c1-10(15)8-14(2)20(17,18)9-11-4-6-12(7-5-11)13(16)19-3/h4-7,10,15H,8-9H2,1-3H3. The zero-order valence-electron chi connectivity index (χ0n) is 11.7. The van der Waals surface area contributed by atoms with E-state index in [9.17, 15) is 18.3 Å². The second-order valence-electron chi connectivity index (χ2n) is 4.57. The van der Waals surface area contributed by atoms with Crippen molar-refractivity contribution in [3.8, 4) is 0 Å². The quantitative estimate of drug-likeness (QED) is 0.779. The van der Waals surface area contributed by atoms with E-state index in [0.717, 1.165) is 4.31 Å². The number of ether oxygens (including phenoxy) is 1. The van der Waals surface area contributed by atoms with Gasteiger partial charge in [-0.25, -0.2) is 17.5 Å². The van der Waals surface area contributed by atoms with E-state index in [1.165, 1.54) is 33.2 Å². The molecule has 0 saturated heterocycles. The van der Waals surface area contributed by atoms with E-state index >= 15 is 0 Å². The number of likely N-dealkylation sites (N-methyl/N-ethyl adjacent to an activating group) is 1. The monoisotopic (exact) mass is 301 g/mol. The summed E-state index contributed by atoms with van der Waals surface area (Å²) < 4.78 is 29.7. The fourth-order valence-electron chi connectivity index (χ4n) is 1.66. The van der Waals surface area contributed by atoms with Crippen molar-refractivity contribution in [3.63, 3.8) is 0 Å². The van der Waals surface area contributed by atoms with Gasteiger partial charge in [-0.15, -0.1) is 0 Å². The van der Waals surface area contributed by atoms with Gasteiger partial charge in [-0.3, -0.25) is 0 Å². The first-order valence-corrected chi connectivity index (χ1v) is 7.66. The number of hydrogen-bond donors (Lipinski definition) is 1. The summed E-state index contributed by atoms with van der Waals surface area (Å²) in [6, 6.07) is 6.18. The van der Waals surface area contributed by atoms with Gasteiger partial charge in [0.15, 0.2) is 0 Å². The van der Waals surface area contributed by atoms with Crippen LogP contribution in [0.3, 0.4) is 0 Å². The zero-order valence-corrected chi connectivity index (χ0v) is 12.6. The van der Waals surface area contributed by atoms with E-state index in [1.54, 1.807) is 12.1 Å². The third-order valence-electron chi connectivity index (χ3n) is 2.72.